The first-order chi connectivity index (χ1) is 19.0. The summed E-state index contributed by atoms with van der Waals surface area (Å²) in [6.45, 7) is -3.89. The van der Waals surface area contributed by atoms with Gasteiger partial charge in [0, 0.05) is 11.1 Å². The molecule has 3 N–H and O–H groups in total. The van der Waals surface area contributed by atoms with Crippen molar-refractivity contribution in [2.75, 3.05) is 17.7 Å². The molecule has 41 heavy (non-hydrogen) atoms. The molecule has 3 aromatic carbocycles. The van der Waals surface area contributed by atoms with Gasteiger partial charge in [0.2, 0.25) is 0 Å². The van der Waals surface area contributed by atoms with Crippen molar-refractivity contribution in [3.05, 3.63) is 77.4 Å². The third-order valence-electron chi connectivity index (χ3n) is 5.46. The SMILES string of the molecule is COc1c(NC(=O)c2ccccc2)cccc1C(=O)Nc1c(O)cc(C(F)(C(F)(F)F)C(F)(F)F)cc1OC(F)F. The van der Waals surface area contributed by atoms with Gasteiger partial charge in [-0.05, 0) is 36.4 Å². The van der Waals surface area contributed by atoms with Gasteiger partial charge in [-0.3, -0.25) is 9.59 Å². The summed E-state index contributed by atoms with van der Waals surface area (Å²) < 4.78 is 129. The molecule has 7 nitrogen and oxygen atoms in total. The quantitative estimate of drug-likeness (QED) is 0.197. The predicted octanol–water partition coefficient (Wildman–Crippen LogP) is 6.80. The number of phenols is 1. The van der Waals surface area contributed by atoms with Crippen molar-refractivity contribution in [2.24, 2.45) is 0 Å². The summed E-state index contributed by atoms with van der Waals surface area (Å²) in [5, 5.41) is 14.5. The maximum absolute atomic E-state index is 14.5. The Labute approximate surface area is 224 Å². The normalized spacial score (nSPS) is 12.2. The van der Waals surface area contributed by atoms with Crippen LogP contribution >= 0.6 is 0 Å². The van der Waals surface area contributed by atoms with Crippen molar-refractivity contribution in [3.8, 4) is 17.2 Å². The Kier molecular flexibility index (Phi) is 8.64. The van der Waals surface area contributed by atoms with E-state index in [9.17, 15) is 54.2 Å². The lowest BCUT2D eigenvalue weighted by Crippen LogP contribution is -2.50. The van der Waals surface area contributed by atoms with E-state index in [4.69, 9.17) is 4.74 Å². The fraction of sp³-hybridized carbons (Fsp3) is 0.200. The molecule has 0 heterocycles. The summed E-state index contributed by atoms with van der Waals surface area (Å²) >= 11 is 0. The van der Waals surface area contributed by atoms with E-state index >= 15 is 0 Å². The summed E-state index contributed by atoms with van der Waals surface area (Å²) in [6, 6.07) is 10.6. The number of phenolic OH excluding ortho intramolecular Hbond substituents is 1. The van der Waals surface area contributed by atoms with Gasteiger partial charge in [-0.1, -0.05) is 24.3 Å². The van der Waals surface area contributed by atoms with Crippen LogP contribution in [0, 0.1) is 0 Å². The number of carbonyl (C=O) groups excluding carboxylic acids is 2. The smallest absolute Gasteiger partial charge is 0.435 e. The number of carbonyl (C=O) groups is 2. The molecule has 220 valence electrons. The number of aromatic hydroxyl groups is 1. The maximum Gasteiger partial charge on any atom is 0.435 e. The summed E-state index contributed by atoms with van der Waals surface area (Å²) in [5.74, 6) is -5.54. The molecule has 0 spiro atoms. The number of anilines is 2. The number of halogens is 9. The second-order valence-corrected chi connectivity index (χ2v) is 8.06. The van der Waals surface area contributed by atoms with Crippen molar-refractivity contribution >= 4 is 23.2 Å². The Morgan fingerprint density at radius 3 is 1.98 bits per heavy atom. The van der Waals surface area contributed by atoms with Gasteiger partial charge in [0.1, 0.15) is 11.4 Å². The number of para-hydroxylation sites is 1. The number of ether oxygens (including phenoxy) is 2. The first-order valence-corrected chi connectivity index (χ1v) is 11.0. The molecule has 0 atom stereocenters. The largest absolute Gasteiger partial charge is 0.506 e. The lowest BCUT2D eigenvalue weighted by Gasteiger charge is -2.31. The average Bonchev–Trinajstić information content (AvgIpc) is 2.88. The zero-order chi connectivity index (χ0) is 30.8. The van der Waals surface area contributed by atoms with Gasteiger partial charge in [-0.25, -0.2) is 4.39 Å². The topological polar surface area (TPSA) is 96.9 Å². The standard InChI is InChI=1S/C25H17F9N2O5/c1-40-19-14(8-5-9-15(19)35-20(38)12-6-3-2-4-7-12)21(39)36-18-16(37)10-13(11-17(18)41-22(26)27)23(28,24(29,30)31)25(32,33)34/h2-11,22,37H,1H3,(H,35,38)(H,36,39). The van der Waals surface area contributed by atoms with Gasteiger partial charge >= 0.3 is 24.6 Å². The highest BCUT2D eigenvalue weighted by Crippen LogP contribution is 2.55. The van der Waals surface area contributed by atoms with Crippen LogP contribution in [0.15, 0.2) is 60.7 Å². The number of methoxy groups -OCH3 is 1. The molecule has 0 fully saturated rings. The van der Waals surface area contributed by atoms with Crippen molar-refractivity contribution in [1.29, 1.82) is 0 Å². The third-order valence-corrected chi connectivity index (χ3v) is 5.46. The molecule has 0 saturated heterocycles. The summed E-state index contributed by atoms with van der Waals surface area (Å²) in [7, 11) is 1.08. The molecule has 0 bridgehead atoms. The molecule has 0 aliphatic carbocycles. The van der Waals surface area contributed by atoms with Crippen molar-refractivity contribution < 1.29 is 63.7 Å². The Morgan fingerprint density at radius 2 is 1.44 bits per heavy atom. The van der Waals surface area contributed by atoms with Gasteiger partial charge in [-0.15, -0.1) is 0 Å². The van der Waals surface area contributed by atoms with Crippen LogP contribution in [0.2, 0.25) is 0 Å². The molecule has 0 unspecified atom stereocenters. The number of amides is 2. The second-order valence-electron chi connectivity index (χ2n) is 8.06. The van der Waals surface area contributed by atoms with Crippen LogP contribution < -0.4 is 20.1 Å². The first kappa shape index (κ1) is 30.9. The van der Waals surface area contributed by atoms with Crippen LogP contribution in [0.3, 0.4) is 0 Å². The van der Waals surface area contributed by atoms with Crippen LogP contribution in [-0.2, 0) is 5.67 Å². The molecule has 3 rings (SSSR count). The Balaban J connectivity index is 2.05. The van der Waals surface area contributed by atoms with Gasteiger partial charge in [0.25, 0.3) is 11.8 Å². The third kappa shape index (κ3) is 6.25. The monoisotopic (exact) mass is 596 g/mol. The molecule has 0 saturated carbocycles. The number of nitrogens with one attached hydrogen (secondary N) is 2. The van der Waals surface area contributed by atoms with E-state index < -0.39 is 64.8 Å². The molecular formula is C25H17F9N2O5. The minimum atomic E-state index is -6.64. The number of rotatable bonds is 8. The maximum atomic E-state index is 14.5. The van der Waals surface area contributed by atoms with Gasteiger partial charge < -0.3 is 25.2 Å². The molecule has 0 aliphatic heterocycles. The van der Waals surface area contributed by atoms with Crippen LogP contribution in [0.1, 0.15) is 26.3 Å². The highest BCUT2D eigenvalue weighted by atomic mass is 19.4. The highest BCUT2D eigenvalue weighted by molar-refractivity contribution is 6.11. The Hall–Kier alpha value is -4.63. The summed E-state index contributed by atoms with van der Waals surface area (Å²) in [6.07, 6.45) is -13.3. The fourth-order valence-corrected chi connectivity index (χ4v) is 3.60. The van der Waals surface area contributed by atoms with E-state index in [1.165, 1.54) is 24.3 Å². The van der Waals surface area contributed by atoms with Gasteiger partial charge in [0.15, 0.2) is 11.5 Å². The molecule has 16 heteroatoms. The molecular weight excluding hydrogens is 579 g/mol. The number of alkyl halides is 9. The fourth-order valence-electron chi connectivity index (χ4n) is 3.60. The van der Waals surface area contributed by atoms with E-state index in [2.05, 4.69) is 10.1 Å². The van der Waals surface area contributed by atoms with Gasteiger partial charge in [-0.2, -0.15) is 35.1 Å². The van der Waals surface area contributed by atoms with Crippen LogP contribution in [0.5, 0.6) is 17.2 Å². The number of benzene rings is 3. The number of hydrogen-bond acceptors (Lipinski definition) is 5. The minimum Gasteiger partial charge on any atom is -0.506 e. The lowest BCUT2D eigenvalue weighted by molar-refractivity contribution is -0.348. The van der Waals surface area contributed by atoms with E-state index in [1.807, 2.05) is 5.32 Å². The van der Waals surface area contributed by atoms with Crippen molar-refractivity contribution in [2.45, 2.75) is 24.6 Å². The van der Waals surface area contributed by atoms with E-state index in [-0.39, 0.29) is 29.1 Å². The molecule has 0 radical (unpaired) electrons. The summed E-state index contributed by atoms with van der Waals surface area (Å²) in [5.41, 5.74) is -9.96. The highest BCUT2D eigenvalue weighted by Gasteiger charge is 2.73. The van der Waals surface area contributed by atoms with E-state index in [0.29, 0.717) is 0 Å². The van der Waals surface area contributed by atoms with E-state index in [0.717, 1.165) is 13.2 Å². The van der Waals surface area contributed by atoms with Crippen molar-refractivity contribution in [1.82, 2.24) is 0 Å². The van der Waals surface area contributed by atoms with Crippen LogP contribution in [0.4, 0.5) is 50.9 Å². The minimum absolute atomic E-state index is 0.0739. The second kappa shape index (κ2) is 11.5. The zero-order valence-electron chi connectivity index (χ0n) is 20.3. The zero-order valence-corrected chi connectivity index (χ0v) is 20.3. The first-order valence-electron chi connectivity index (χ1n) is 11.0. The lowest BCUT2D eigenvalue weighted by atomic mass is 9.93. The van der Waals surface area contributed by atoms with Crippen LogP contribution in [0.25, 0.3) is 0 Å². The molecule has 2 amide bonds. The Morgan fingerprint density at radius 1 is 0.829 bits per heavy atom. The predicted molar refractivity (Wildman–Crippen MR) is 125 cm³/mol. The summed E-state index contributed by atoms with van der Waals surface area (Å²) in [4.78, 5) is 25.5. The molecule has 3 aromatic rings. The molecule has 0 aromatic heterocycles. The van der Waals surface area contributed by atoms with E-state index in [1.54, 1.807) is 18.2 Å². The molecule has 0 aliphatic rings. The van der Waals surface area contributed by atoms with Gasteiger partial charge in [0.05, 0.1) is 18.4 Å². The Bertz CT molecular complexity index is 1410. The van der Waals surface area contributed by atoms with Crippen LogP contribution in [-0.4, -0.2) is 43.0 Å². The average molecular weight is 596 g/mol. The number of hydrogen-bond donors (Lipinski definition) is 3. The van der Waals surface area contributed by atoms with Crippen molar-refractivity contribution in [3.63, 3.8) is 0 Å².